The van der Waals surface area contributed by atoms with Crippen LogP contribution in [0.15, 0.2) is 36.4 Å². The molecule has 2 rings (SSSR count). The summed E-state index contributed by atoms with van der Waals surface area (Å²) in [7, 11) is 0. The lowest BCUT2D eigenvalue weighted by Gasteiger charge is -2.20. The van der Waals surface area contributed by atoms with Crippen LogP contribution in [-0.4, -0.2) is 0 Å². The van der Waals surface area contributed by atoms with Gasteiger partial charge < -0.3 is 5.32 Å². The Labute approximate surface area is 128 Å². The van der Waals surface area contributed by atoms with Crippen LogP contribution in [0.3, 0.4) is 0 Å². The molecule has 0 radical (unpaired) electrons. The van der Waals surface area contributed by atoms with Crippen molar-refractivity contribution in [1.82, 2.24) is 0 Å². The van der Waals surface area contributed by atoms with Gasteiger partial charge in [-0.25, -0.2) is 4.39 Å². The Morgan fingerprint density at radius 2 is 1.85 bits per heavy atom. The van der Waals surface area contributed by atoms with Crippen molar-refractivity contribution in [3.8, 4) is 0 Å². The van der Waals surface area contributed by atoms with E-state index in [4.69, 9.17) is 23.2 Å². The third-order valence-electron chi connectivity index (χ3n) is 3.21. The molecular weight excluding hydrogens is 296 g/mol. The first-order valence-electron chi connectivity index (χ1n) is 6.49. The monoisotopic (exact) mass is 311 g/mol. The quantitative estimate of drug-likeness (QED) is 0.729. The summed E-state index contributed by atoms with van der Waals surface area (Å²) in [5, 5.41) is 4.24. The summed E-state index contributed by atoms with van der Waals surface area (Å²) in [4.78, 5) is 0. The molecule has 1 unspecified atom stereocenters. The molecule has 0 saturated carbocycles. The van der Waals surface area contributed by atoms with Crippen LogP contribution in [0.1, 0.15) is 30.5 Å². The van der Waals surface area contributed by atoms with Gasteiger partial charge in [-0.15, -0.1) is 0 Å². The van der Waals surface area contributed by atoms with E-state index in [2.05, 4.69) is 5.32 Å². The highest BCUT2D eigenvalue weighted by molar-refractivity contribution is 6.42. The fourth-order valence-corrected chi connectivity index (χ4v) is 2.38. The maximum Gasteiger partial charge on any atom is 0.146 e. The van der Waals surface area contributed by atoms with E-state index < -0.39 is 0 Å². The van der Waals surface area contributed by atoms with Gasteiger partial charge in [-0.2, -0.15) is 0 Å². The normalized spacial score (nSPS) is 12.2. The Morgan fingerprint density at radius 3 is 2.45 bits per heavy atom. The molecule has 0 fully saturated rings. The highest BCUT2D eigenvalue weighted by Crippen LogP contribution is 2.29. The van der Waals surface area contributed by atoms with Gasteiger partial charge in [0.05, 0.1) is 21.8 Å². The van der Waals surface area contributed by atoms with Crippen molar-refractivity contribution in [1.29, 1.82) is 0 Å². The number of rotatable bonds is 4. The van der Waals surface area contributed by atoms with Gasteiger partial charge in [0.1, 0.15) is 5.82 Å². The summed E-state index contributed by atoms with van der Waals surface area (Å²) in [5.41, 5.74) is 2.38. The van der Waals surface area contributed by atoms with Crippen molar-refractivity contribution in [2.45, 2.75) is 26.3 Å². The number of halogens is 3. The zero-order valence-corrected chi connectivity index (χ0v) is 12.9. The molecule has 0 bridgehead atoms. The molecule has 0 heterocycles. The lowest BCUT2D eigenvalue weighted by molar-refractivity contribution is 0.622. The van der Waals surface area contributed by atoms with Crippen molar-refractivity contribution in [2.75, 3.05) is 5.32 Å². The van der Waals surface area contributed by atoms with Crippen LogP contribution in [0.5, 0.6) is 0 Å². The summed E-state index contributed by atoms with van der Waals surface area (Å²) in [6.07, 6.45) is 0.811. The first-order valence-corrected chi connectivity index (χ1v) is 7.24. The zero-order chi connectivity index (χ0) is 14.7. The van der Waals surface area contributed by atoms with E-state index in [9.17, 15) is 4.39 Å². The summed E-state index contributed by atoms with van der Waals surface area (Å²) >= 11 is 12.0. The third-order valence-corrected chi connectivity index (χ3v) is 3.95. The largest absolute Gasteiger partial charge is 0.376 e. The van der Waals surface area contributed by atoms with Gasteiger partial charge in [0.2, 0.25) is 0 Å². The van der Waals surface area contributed by atoms with Gasteiger partial charge in [0.15, 0.2) is 0 Å². The van der Waals surface area contributed by atoms with Crippen molar-refractivity contribution < 1.29 is 4.39 Å². The molecule has 1 atom stereocenters. The minimum Gasteiger partial charge on any atom is -0.376 e. The number of anilines is 1. The van der Waals surface area contributed by atoms with Crippen molar-refractivity contribution in [3.63, 3.8) is 0 Å². The molecule has 1 N–H and O–H groups in total. The number of aryl methyl sites for hydroxylation is 1. The molecule has 0 aliphatic rings. The Balaban J connectivity index is 2.26. The molecule has 2 aromatic carbocycles. The van der Waals surface area contributed by atoms with Crippen LogP contribution >= 0.6 is 23.2 Å². The Morgan fingerprint density at radius 1 is 1.10 bits per heavy atom. The Kier molecular flexibility index (Phi) is 4.90. The fraction of sp³-hybridized carbons (Fsp3) is 0.250. The number of nitrogens with one attached hydrogen (secondary N) is 1. The number of hydrogen-bond acceptors (Lipinski definition) is 1. The standard InChI is InChI=1S/C16H16Cl2FN/c1-3-15(11-5-6-12(17)13(18)9-11)20-16-7-4-10(2)8-14(16)19/h4-9,15,20H,3H2,1-2H3. The minimum atomic E-state index is -0.247. The van der Waals surface area contributed by atoms with Crippen LogP contribution in [0.25, 0.3) is 0 Å². The van der Waals surface area contributed by atoms with E-state index in [0.717, 1.165) is 17.5 Å². The highest BCUT2D eigenvalue weighted by Gasteiger charge is 2.13. The SMILES string of the molecule is CCC(Nc1ccc(C)cc1F)c1ccc(Cl)c(Cl)c1. The van der Waals surface area contributed by atoms with Gasteiger partial charge in [0, 0.05) is 0 Å². The predicted octanol–water partition coefficient (Wildman–Crippen LogP) is 6.00. The molecule has 20 heavy (non-hydrogen) atoms. The average molecular weight is 312 g/mol. The molecule has 106 valence electrons. The first-order chi connectivity index (χ1) is 9.51. The van der Waals surface area contributed by atoms with Gasteiger partial charge in [-0.3, -0.25) is 0 Å². The van der Waals surface area contributed by atoms with Crippen LogP contribution in [0.2, 0.25) is 10.0 Å². The minimum absolute atomic E-state index is 0.0121. The van der Waals surface area contributed by atoms with Gasteiger partial charge in [0.25, 0.3) is 0 Å². The summed E-state index contributed by atoms with van der Waals surface area (Å²) in [5.74, 6) is -0.247. The van der Waals surface area contributed by atoms with Crippen LogP contribution in [0.4, 0.5) is 10.1 Å². The lowest BCUT2D eigenvalue weighted by Crippen LogP contribution is -2.11. The Hall–Kier alpha value is -1.25. The summed E-state index contributed by atoms with van der Waals surface area (Å²) in [6, 6.07) is 10.6. The average Bonchev–Trinajstić information content (AvgIpc) is 2.41. The van der Waals surface area contributed by atoms with Gasteiger partial charge >= 0.3 is 0 Å². The second-order valence-corrected chi connectivity index (χ2v) is 5.58. The molecular formula is C16H16Cl2FN. The number of benzene rings is 2. The molecule has 0 amide bonds. The molecule has 2 aromatic rings. The lowest BCUT2D eigenvalue weighted by atomic mass is 10.0. The molecule has 0 aliphatic heterocycles. The smallest absolute Gasteiger partial charge is 0.146 e. The van der Waals surface area contributed by atoms with Gasteiger partial charge in [-0.1, -0.05) is 42.3 Å². The first kappa shape index (κ1) is 15.1. The van der Waals surface area contributed by atoms with Gasteiger partial charge in [-0.05, 0) is 48.7 Å². The van der Waals surface area contributed by atoms with Crippen molar-refractivity contribution >= 4 is 28.9 Å². The molecule has 0 spiro atoms. The van der Waals surface area contributed by atoms with E-state index in [1.54, 1.807) is 12.1 Å². The van der Waals surface area contributed by atoms with E-state index in [0.29, 0.717) is 15.7 Å². The third kappa shape index (κ3) is 3.44. The van der Waals surface area contributed by atoms with Crippen LogP contribution in [-0.2, 0) is 0 Å². The molecule has 0 saturated heterocycles. The summed E-state index contributed by atoms with van der Waals surface area (Å²) < 4.78 is 13.9. The van der Waals surface area contributed by atoms with Crippen LogP contribution in [0, 0.1) is 12.7 Å². The maximum absolute atomic E-state index is 13.9. The maximum atomic E-state index is 13.9. The topological polar surface area (TPSA) is 12.0 Å². The molecule has 4 heteroatoms. The van der Waals surface area contributed by atoms with E-state index in [1.807, 2.05) is 32.0 Å². The van der Waals surface area contributed by atoms with E-state index in [1.165, 1.54) is 6.07 Å². The molecule has 1 nitrogen and oxygen atoms in total. The van der Waals surface area contributed by atoms with E-state index in [-0.39, 0.29) is 11.9 Å². The molecule has 0 aliphatic carbocycles. The second-order valence-electron chi connectivity index (χ2n) is 4.76. The Bertz CT molecular complexity index is 613. The summed E-state index contributed by atoms with van der Waals surface area (Å²) in [6.45, 7) is 3.90. The van der Waals surface area contributed by atoms with Crippen molar-refractivity contribution in [3.05, 3.63) is 63.4 Å². The second kappa shape index (κ2) is 6.47. The zero-order valence-electron chi connectivity index (χ0n) is 11.4. The van der Waals surface area contributed by atoms with E-state index >= 15 is 0 Å². The number of hydrogen-bond donors (Lipinski definition) is 1. The van der Waals surface area contributed by atoms with Crippen molar-refractivity contribution in [2.24, 2.45) is 0 Å². The molecule has 0 aromatic heterocycles. The fourth-order valence-electron chi connectivity index (χ4n) is 2.08. The predicted molar refractivity (Wildman–Crippen MR) is 84.3 cm³/mol. The van der Waals surface area contributed by atoms with Crippen LogP contribution < -0.4 is 5.32 Å². The highest BCUT2D eigenvalue weighted by atomic mass is 35.5.